The van der Waals surface area contributed by atoms with Gasteiger partial charge in [0.05, 0.1) is 4.92 Å². The minimum Gasteiger partial charge on any atom is -0.480 e. The van der Waals surface area contributed by atoms with Crippen LogP contribution in [0.4, 0.5) is 10.5 Å². The van der Waals surface area contributed by atoms with Gasteiger partial charge >= 0.3 is 12.0 Å². The molecule has 0 aliphatic heterocycles. The first-order valence-corrected chi connectivity index (χ1v) is 5.83. The van der Waals surface area contributed by atoms with E-state index in [2.05, 4.69) is 10.6 Å². The zero-order valence-electron chi connectivity index (χ0n) is 11.0. The summed E-state index contributed by atoms with van der Waals surface area (Å²) in [5.74, 6) is -1.15. The normalized spacial score (nSPS) is 11.5. The first-order chi connectivity index (χ1) is 9.32. The second-order valence-electron chi connectivity index (χ2n) is 4.21. The fourth-order valence-corrected chi connectivity index (χ4v) is 1.54. The van der Waals surface area contributed by atoms with Crippen LogP contribution in [-0.2, 0) is 11.3 Å². The molecule has 0 aromatic heterocycles. The summed E-state index contributed by atoms with van der Waals surface area (Å²) in [5, 5.41) is 24.1. The van der Waals surface area contributed by atoms with Crippen LogP contribution < -0.4 is 10.6 Å². The average molecular weight is 281 g/mol. The lowest BCUT2D eigenvalue weighted by molar-refractivity contribution is -0.385. The molecule has 108 valence electrons. The molecule has 0 aliphatic rings. The van der Waals surface area contributed by atoms with Crippen molar-refractivity contribution in [2.24, 2.45) is 0 Å². The van der Waals surface area contributed by atoms with Crippen LogP contribution in [0.25, 0.3) is 0 Å². The van der Waals surface area contributed by atoms with Crippen LogP contribution in [0.1, 0.15) is 18.1 Å². The number of rotatable bonds is 5. The fourth-order valence-electron chi connectivity index (χ4n) is 1.54. The molecule has 0 radical (unpaired) electrons. The monoisotopic (exact) mass is 281 g/mol. The van der Waals surface area contributed by atoms with E-state index in [0.29, 0.717) is 11.1 Å². The number of amides is 2. The molecule has 8 nitrogen and oxygen atoms in total. The van der Waals surface area contributed by atoms with E-state index in [1.54, 1.807) is 13.0 Å². The van der Waals surface area contributed by atoms with Crippen molar-refractivity contribution in [2.75, 3.05) is 0 Å². The molecule has 0 spiro atoms. The lowest BCUT2D eigenvalue weighted by Crippen LogP contribution is -2.44. The Morgan fingerprint density at radius 1 is 1.45 bits per heavy atom. The maximum atomic E-state index is 11.4. The Bertz CT molecular complexity index is 544. The fraction of sp³-hybridized carbons (Fsp3) is 0.333. The third-order valence-electron chi connectivity index (χ3n) is 2.77. The number of nitrogens with zero attached hydrogens (tertiary/aromatic N) is 1. The molecule has 1 atom stereocenters. The molecule has 3 N–H and O–H groups in total. The van der Waals surface area contributed by atoms with Crippen molar-refractivity contribution in [1.29, 1.82) is 0 Å². The van der Waals surface area contributed by atoms with Gasteiger partial charge in [-0.15, -0.1) is 0 Å². The minimum atomic E-state index is -1.15. The second-order valence-corrected chi connectivity index (χ2v) is 4.21. The van der Waals surface area contributed by atoms with Gasteiger partial charge in [0.2, 0.25) is 0 Å². The van der Waals surface area contributed by atoms with E-state index in [-0.39, 0.29) is 12.2 Å². The quantitative estimate of drug-likeness (QED) is 0.552. The molecule has 0 aliphatic carbocycles. The topological polar surface area (TPSA) is 122 Å². The summed E-state index contributed by atoms with van der Waals surface area (Å²) >= 11 is 0. The number of urea groups is 1. The van der Waals surface area contributed by atoms with Crippen LogP contribution in [-0.4, -0.2) is 28.1 Å². The highest BCUT2D eigenvalue weighted by Gasteiger charge is 2.15. The van der Waals surface area contributed by atoms with Crippen molar-refractivity contribution in [1.82, 2.24) is 10.6 Å². The molecule has 0 saturated carbocycles. The number of carbonyl (C=O) groups excluding carboxylic acids is 1. The summed E-state index contributed by atoms with van der Waals surface area (Å²) < 4.78 is 0. The predicted octanol–water partition coefficient (Wildman–Crippen LogP) is 1.18. The van der Waals surface area contributed by atoms with Crippen molar-refractivity contribution in [2.45, 2.75) is 26.4 Å². The van der Waals surface area contributed by atoms with Gasteiger partial charge in [0.1, 0.15) is 6.04 Å². The molecule has 2 amide bonds. The highest BCUT2D eigenvalue weighted by Crippen LogP contribution is 2.20. The molecule has 1 unspecified atom stereocenters. The summed E-state index contributed by atoms with van der Waals surface area (Å²) in [6.45, 7) is 3.00. The Kier molecular flexibility index (Phi) is 5.01. The van der Waals surface area contributed by atoms with E-state index in [0.717, 1.165) is 0 Å². The molecule has 1 rings (SSSR count). The summed E-state index contributed by atoms with van der Waals surface area (Å²) in [6.07, 6.45) is 0. The Balaban J connectivity index is 2.67. The molecule has 0 fully saturated rings. The summed E-state index contributed by atoms with van der Waals surface area (Å²) in [6, 6.07) is 2.90. The van der Waals surface area contributed by atoms with Gasteiger partial charge in [-0.05, 0) is 19.4 Å². The Morgan fingerprint density at radius 3 is 2.65 bits per heavy atom. The van der Waals surface area contributed by atoms with Gasteiger partial charge in [0, 0.05) is 18.2 Å². The summed E-state index contributed by atoms with van der Waals surface area (Å²) in [5.41, 5.74) is 1.03. The van der Waals surface area contributed by atoms with Gasteiger partial charge < -0.3 is 15.7 Å². The molecule has 0 bridgehead atoms. The molecule has 20 heavy (non-hydrogen) atoms. The Labute approximate surface area is 114 Å². The van der Waals surface area contributed by atoms with Crippen LogP contribution in [0.15, 0.2) is 18.2 Å². The number of carbonyl (C=O) groups is 2. The van der Waals surface area contributed by atoms with E-state index in [4.69, 9.17) is 5.11 Å². The van der Waals surface area contributed by atoms with Crippen molar-refractivity contribution < 1.29 is 19.6 Å². The van der Waals surface area contributed by atoms with Crippen LogP contribution in [0, 0.1) is 17.0 Å². The van der Waals surface area contributed by atoms with E-state index in [9.17, 15) is 19.7 Å². The van der Waals surface area contributed by atoms with Gasteiger partial charge in [-0.2, -0.15) is 0 Å². The van der Waals surface area contributed by atoms with E-state index in [1.807, 2.05) is 0 Å². The summed E-state index contributed by atoms with van der Waals surface area (Å²) in [7, 11) is 0. The number of nitro benzene ring substituents is 1. The standard InChI is InChI=1S/C12H15N3O5/c1-7-9(4-3-5-10(7)15(19)20)6-13-12(18)14-8(2)11(16)17/h3-5,8H,6H2,1-2H3,(H,16,17)(H2,13,14,18). The number of nitrogens with one attached hydrogen (secondary N) is 2. The number of hydrogen-bond acceptors (Lipinski definition) is 4. The van der Waals surface area contributed by atoms with Gasteiger partial charge in [-0.25, -0.2) is 4.79 Å². The molecule has 0 heterocycles. The number of carboxylic acids is 1. The number of hydrogen-bond donors (Lipinski definition) is 3. The highest BCUT2D eigenvalue weighted by molar-refractivity contribution is 5.82. The van der Waals surface area contributed by atoms with Crippen molar-refractivity contribution >= 4 is 17.7 Å². The Morgan fingerprint density at radius 2 is 2.10 bits per heavy atom. The van der Waals surface area contributed by atoms with Crippen molar-refractivity contribution in [3.05, 3.63) is 39.4 Å². The number of carboxylic acid groups (broad SMARTS) is 1. The SMILES string of the molecule is Cc1c(CNC(=O)NC(C)C(=O)O)cccc1[N+](=O)[O-]. The van der Waals surface area contributed by atoms with Crippen molar-refractivity contribution in [3.8, 4) is 0 Å². The third kappa shape index (κ3) is 3.94. The largest absolute Gasteiger partial charge is 0.480 e. The molecular weight excluding hydrogens is 266 g/mol. The lowest BCUT2D eigenvalue weighted by Gasteiger charge is -2.11. The maximum absolute atomic E-state index is 11.4. The van der Waals surface area contributed by atoms with E-state index in [1.165, 1.54) is 19.1 Å². The van der Waals surface area contributed by atoms with Gasteiger partial charge in [0.15, 0.2) is 0 Å². The van der Waals surface area contributed by atoms with E-state index < -0.39 is 23.0 Å². The molecule has 1 aromatic rings. The molecule has 8 heteroatoms. The number of nitro groups is 1. The predicted molar refractivity (Wildman–Crippen MR) is 70.3 cm³/mol. The zero-order valence-corrected chi connectivity index (χ0v) is 11.0. The first-order valence-electron chi connectivity index (χ1n) is 5.83. The van der Waals surface area contributed by atoms with Gasteiger partial charge in [0.25, 0.3) is 5.69 Å². The van der Waals surface area contributed by atoms with Crippen molar-refractivity contribution in [3.63, 3.8) is 0 Å². The zero-order chi connectivity index (χ0) is 15.3. The third-order valence-corrected chi connectivity index (χ3v) is 2.77. The highest BCUT2D eigenvalue weighted by atomic mass is 16.6. The number of aliphatic carboxylic acids is 1. The van der Waals surface area contributed by atoms with Gasteiger partial charge in [-0.3, -0.25) is 14.9 Å². The first kappa shape index (κ1) is 15.4. The molecule has 0 saturated heterocycles. The van der Waals surface area contributed by atoms with Crippen LogP contribution in [0.3, 0.4) is 0 Å². The van der Waals surface area contributed by atoms with Crippen LogP contribution in [0.2, 0.25) is 0 Å². The lowest BCUT2D eigenvalue weighted by atomic mass is 10.1. The van der Waals surface area contributed by atoms with Crippen LogP contribution >= 0.6 is 0 Å². The molecular formula is C12H15N3O5. The van der Waals surface area contributed by atoms with Crippen LogP contribution in [0.5, 0.6) is 0 Å². The maximum Gasteiger partial charge on any atom is 0.325 e. The smallest absolute Gasteiger partial charge is 0.325 e. The summed E-state index contributed by atoms with van der Waals surface area (Å²) in [4.78, 5) is 32.3. The Hall–Kier alpha value is -2.64. The number of benzene rings is 1. The van der Waals surface area contributed by atoms with Gasteiger partial charge in [-0.1, -0.05) is 12.1 Å². The van der Waals surface area contributed by atoms with E-state index >= 15 is 0 Å². The average Bonchev–Trinajstić information content (AvgIpc) is 2.36. The second kappa shape index (κ2) is 6.50. The minimum absolute atomic E-state index is 0.0244. The molecule has 1 aromatic carbocycles.